The average molecular weight is 380 g/mol. The first-order chi connectivity index (χ1) is 13.2. The molecule has 1 atom stereocenters. The summed E-state index contributed by atoms with van der Waals surface area (Å²) in [5, 5.41) is 7.55. The van der Waals surface area contributed by atoms with Gasteiger partial charge in [0.25, 0.3) is 0 Å². The number of anilines is 1. The smallest absolute Gasteiger partial charge is 0.241 e. The van der Waals surface area contributed by atoms with Crippen LogP contribution in [0.1, 0.15) is 11.8 Å². The summed E-state index contributed by atoms with van der Waals surface area (Å²) >= 11 is 1.81. The SMILES string of the molecule is CC(C(=O)Nc1ccc2ccccc2c1)N1CCN(Cc2cccs2)CC1. The molecule has 0 spiro atoms. The van der Waals surface area contributed by atoms with Gasteiger partial charge in [0, 0.05) is 43.3 Å². The lowest BCUT2D eigenvalue weighted by Gasteiger charge is -2.37. The molecule has 2 aromatic carbocycles. The van der Waals surface area contributed by atoms with E-state index in [-0.39, 0.29) is 11.9 Å². The van der Waals surface area contributed by atoms with E-state index in [1.54, 1.807) is 0 Å². The summed E-state index contributed by atoms with van der Waals surface area (Å²) in [4.78, 5) is 18.9. The van der Waals surface area contributed by atoms with Crippen LogP contribution in [-0.2, 0) is 11.3 Å². The van der Waals surface area contributed by atoms with Gasteiger partial charge in [-0.2, -0.15) is 0 Å². The van der Waals surface area contributed by atoms with Crippen molar-refractivity contribution >= 4 is 33.7 Å². The van der Waals surface area contributed by atoms with Crippen molar-refractivity contribution in [3.63, 3.8) is 0 Å². The number of nitrogens with one attached hydrogen (secondary N) is 1. The highest BCUT2D eigenvalue weighted by atomic mass is 32.1. The van der Waals surface area contributed by atoms with Crippen LogP contribution in [-0.4, -0.2) is 47.9 Å². The topological polar surface area (TPSA) is 35.6 Å². The van der Waals surface area contributed by atoms with E-state index in [2.05, 4.69) is 50.8 Å². The van der Waals surface area contributed by atoms with E-state index in [0.717, 1.165) is 43.8 Å². The van der Waals surface area contributed by atoms with Crippen LogP contribution in [0.2, 0.25) is 0 Å². The molecule has 0 saturated carbocycles. The minimum absolute atomic E-state index is 0.0667. The van der Waals surface area contributed by atoms with Crippen LogP contribution >= 0.6 is 11.3 Å². The molecule has 140 valence electrons. The van der Waals surface area contributed by atoms with Crippen molar-refractivity contribution in [2.45, 2.75) is 19.5 Å². The summed E-state index contributed by atoms with van der Waals surface area (Å²) in [5.74, 6) is 0.0667. The molecule has 1 aromatic heterocycles. The lowest BCUT2D eigenvalue weighted by atomic mass is 10.1. The van der Waals surface area contributed by atoms with E-state index in [0.29, 0.717) is 0 Å². The van der Waals surface area contributed by atoms with Crippen molar-refractivity contribution in [3.05, 3.63) is 64.9 Å². The molecule has 27 heavy (non-hydrogen) atoms. The third-order valence-corrected chi connectivity index (χ3v) is 6.17. The molecule has 2 heterocycles. The highest BCUT2D eigenvalue weighted by Gasteiger charge is 2.25. The quantitative estimate of drug-likeness (QED) is 0.727. The van der Waals surface area contributed by atoms with Gasteiger partial charge in [0.2, 0.25) is 5.91 Å². The number of amides is 1. The zero-order chi connectivity index (χ0) is 18.6. The van der Waals surface area contributed by atoms with Crippen molar-refractivity contribution in [1.82, 2.24) is 9.80 Å². The van der Waals surface area contributed by atoms with Crippen molar-refractivity contribution in [3.8, 4) is 0 Å². The second-order valence-corrected chi connectivity index (χ2v) is 8.15. The standard InChI is InChI=1S/C22H25N3OS/c1-17(25-12-10-24(11-13-25)16-21-7-4-14-27-21)22(26)23-20-9-8-18-5-2-3-6-19(18)15-20/h2-9,14-15,17H,10-13,16H2,1H3,(H,23,26). The molecule has 0 bridgehead atoms. The van der Waals surface area contributed by atoms with Crippen LogP contribution in [0.5, 0.6) is 0 Å². The van der Waals surface area contributed by atoms with Crippen molar-refractivity contribution in [2.75, 3.05) is 31.5 Å². The Bertz CT molecular complexity index is 901. The average Bonchev–Trinajstić information content (AvgIpc) is 3.21. The van der Waals surface area contributed by atoms with Gasteiger partial charge in [-0.05, 0) is 41.3 Å². The van der Waals surface area contributed by atoms with E-state index < -0.39 is 0 Å². The third kappa shape index (κ3) is 4.38. The lowest BCUT2D eigenvalue weighted by Crippen LogP contribution is -2.52. The molecule has 5 heteroatoms. The monoisotopic (exact) mass is 379 g/mol. The Balaban J connectivity index is 1.32. The molecule has 4 rings (SSSR count). The molecule has 1 amide bonds. The van der Waals surface area contributed by atoms with Crippen LogP contribution in [0.15, 0.2) is 60.0 Å². The molecule has 1 aliphatic heterocycles. The predicted molar refractivity (Wildman–Crippen MR) is 113 cm³/mol. The van der Waals surface area contributed by atoms with Crippen molar-refractivity contribution in [2.24, 2.45) is 0 Å². The van der Waals surface area contributed by atoms with Crippen LogP contribution in [0.3, 0.4) is 0 Å². The molecular weight excluding hydrogens is 354 g/mol. The number of hydrogen-bond acceptors (Lipinski definition) is 4. The maximum absolute atomic E-state index is 12.7. The van der Waals surface area contributed by atoms with E-state index in [4.69, 9.17) is 0 Å². The maximum atomic E-state index is 12.7. The molecule has 1 saturated heterocycles. The second-order valence-electron chi connectivity index (χ2n) is 7.12. The molecule has 4 nitrogen and oxygen atoms in total. The van der Waals surface area contributed by atoms with Gasteiger partial charge in [-0.25, -0.2) is 0 Å². The number of rotatable bonds is 5. The minimum Gasteiger partial charge on any atom is -0.325 e. The normalized spacial score (nSPS) is 17.1. The minimum atomic E-state index is -0.125. The summed E-state index contributed by atoms with van der Waals surface area (Å²) in [6.07, 6.45) is 0. The first-order valence-corrected chi connectivity index (χ1v) is 10.4. The Morgan fingerprint density at radius 1 is 1.04 bits per heavy atom. The molecule has 0 radical (unpaired) electrons. The fraction of sp³-hybridized carbons (Fsp3) is 0.318. The molecular formula is C22H25N3OS. The lowest BCUT2D eigenvalue weighted by molar-refractivity contribution is -0.121. The Kier molecular flexibility index (Phi) is 5.53. The summed E-state index contributed by atoms with van der Waals surface area (Å²) in [7, 11) is 0. The number of thiophene rings is 1. The molecule has 1 unspecified atom stereocenters. The fourth-order valence-electron chi connectivity index (χ4n) is 3.61. The number of benzene rings is 2. The highest BCUT2D eigenvalue weighted by molar-refractivity contribution is 7.09. The van der Waals surface area contributed by atoms with E-state index in [1.165, 1.54) is 10.3 Å². The van der Waals surface area contributed by atoms with Crippen LogP contribution < -0.4 is 5.32 Å². The zero-order valence-corrected chi connectivity index (χ0v) is 16.4. The van der Waals surface area contributed by atoms with Crippen LogP contribution in [0, 0.1) is 0 Å². The first-order valence-electron chi connectivity index (χ1n) is 9.47. The Hall–Kier alpha value is -2.21. The summed E-state index contributed by atoms with van der Waals surface area (Å²) in [6.45, 7) is 6.89. The van der Waals surface area contributed by atoms with Gasteiger partial charge in [0.05, 0.1) is 6.04 Å². The summed E-state index contributed by atoms with van der Waals surface area (Å²) in [5.41, 5.74) is 0.863. The number of nitrogens with zero attached hydrogens (tertiary/aromatic N) is 2. The van der Waals surface area contributed by atoms with Crippen molar-refractivity contribution in [1.29, 1.82) is 0 Å². The Morgan fingerprint density at radius 3 is 2.56 bits per heavy atom. The highest BCUT2D eigenvalue weighted by Crippen LogP contribution is 2.20. The first kappa shape index (κ1) is 18.2. The number of carbonyl (C=O) groups is 1. The second kappa shape index (κ2) is 8.21. The van der Waals surface area contributed by atoms with Gasteiger partial charge in [-0.3, -0.25) is 14.6 Å². The largest absolute Gasteiger partial charge is 0.325 e. The molecule has 3 aromatic rings. The van der Waals surface area contributed by atoms with Gasteiger partial charge in [0.1, 0.15) is 0 Å². The molecule has 1 N–H and O–H groups in total. The predicted octanol–water partition coefficient (Wildman–Crippen LogP) is 4.05. The maximum Gasteiger partial charge on any atom is 0.241 e. The third-order valence-electron chi connectivity index (χ3n) is 5.31. The van der Waals surface area contributed by atoms with Gasteiger partial charge < -0.3 is 5.32 Å². The number of carbonyl (C=O) groups excluding carboxylic acids is 1. The van der Waals surface area contributed by atoms with Crippen LogP contribution in [0.25, 0.3) is 10.8 Å². The summed E-state index contributed by atoms with van der Waals surface area (Å²) in [6, 6.07) is 18.4. The van der Waals surface area contributed by atoms with E-state index in [1.807, 2.05) is 42.5 Å². The van der Waals surface area contributed by atoms with Crippen LogP contribution in [0.4, 0.5) is 5.69 Å². The van der Waals surface area contributed by atoms with Gasteiger partial charge >= 0.3 is 0 Å². The summed E-state index contributed by atoms with van der Waals surface area (Å²) < 4.78 is 0. The van der Waals surface area contributed by atoms with E-state index in [9.17, 15) is 4.79 Å². The van der Waals surface area contributed by atoms with Gasteiger partial charge in [-0.15, -0.1) is 11.3 Å². The number of fused-ring (bicyclic) bond motifs is 1. The number of piperazine rings is 1. The van der Waals surface area contributed by atoms with Gasteiger partial charge in [0.15, 0.2) is 0 Å². The zero-order valence-electron chi connectivity index (χ0n) is 15.6. The fourth-order valence-corrected chi connectivity index (χ4v) is 4.36. The van der Waals surface area contributed by atoms with E-state index >= 15 is 0 Å². The molecule has 0 aliphatic carbocycles. The molecule has 1 fully saturated rings. The Labute approximate surface area is 164 Å². The Morgan fingerprint density at radius 2 is 1.81 bits per heavy atom. The molecule has 1 aliphatic rings. The van der Waals surface area contributed by atoms with Crippen molar-refractivity contribution < 1.29 is 4.79 Å². The van der Waals surface area contributed by atoms with Gasteiger partial charge in [-0.1, -0.05) is 36.4 Å². The number of hydrogen-bond donors (Lipinski definition) is 1.